The third-order valence-corrected chi connectivity index (χ3v) is 2.13. The predicted molar refractivity (Wildman–Crippen MR) is 60.1 cm³/mol. The van der Waals surface area contributed by atoms with Gasteiger partial charge in [0.15, 0.2) is 0 Å². The van der Waals surface area contributed by atoms with Gasteiger partial charge in [0.25, 0.3) is 5.91 Å². The fourth-order valence-corrected chi connectivity index (χ4v) is 1.24. The Kier molecular flexibility index (Phi) is 4.01. The first kappa shape index (κ1) is 14.5. The van der Waals surface area contributed by atoms with Crippen LogP contribution >= 0.6 is 0 Å². The van der Waals surface area contributed by atoms with Crippen LogP contribution in [0.3, 0.4) is 0 Å². The number of rotatable bonds is 3. The lowest BCUT2D eigenvalue weighted by atomic mass is 10.1. The molecule has 1 aromatic carbocycles. The minimum absolute atomic E-state index is 0.0396. The topological polar surface area (TPSA) is 49.3 Å². The number of carbonyl (C=O) groups excluding carboxylic acids is 1. The van der Waals surface area contributed by atoms with Crippen molar-refractivity contribution in [3.63, 3.8) is 0 Å². The smallest absolute Gasteiger partial charge is 0.389 e. The van der Waals surface area contributed by atoms with Gasteiger partial charge in [-0.2, -0.15) is 13.2 Å². The summed E-state index contributed by atoms with van der Waals surface area (Å²) in [5.41, 5.74) is -2.08. The van der Waals surface area contributed by atoms with Crippen LogP contribution in [0.4, 0.5) is 13.2 Å². The van der Waals surface area contributed by atoms with Crippen molar-refractivity contribution in [1.82, 2.24) is 5.32 Å². The highest BCUT2D eigenvalue weighted by Gasteiger charge is 2.30. The second kappa shape index (κ2) is 4.97. The molecule has 0 bridgehead atoms. The molecular weight excluding hydrogens is 247 g/mol. The van der Waals surface area contributed by atoms with Crippen molar-refractivity contribution in [3.05, 3.63) is 35.4 Å². The Morgan fingerprint density at radius 3 is 2.44 bits per heavy atom. The SMILES string of the molecule is CC(C)(O)CNC(=O)c1cccc(C(F)(F)F)c1. The number of halogens is 3. The van der Waals surface area contributed by atoms with Crippen LogP contribution in [0.5, 0.6) is 0 Å². The first-order valence-corrected chi connectivity index (χ1v) is 5.27. The van der Waals surface area contributed by atoms with Crippen LogP contribution in [0.15, 0.2) is 24.3 Å². The number of carbonyl (C=O) groups is 1. The summed E-state index contributed by atoms with van der Waals surface area (Å²) < 4.78 is 37.3. The van der Waals surface area contributed by atoms with Crippen LogP contribution in [0.2, 0.25) is 0 Å². The highest BCUT2D eigenvalue weighted by molar-refractivity contribution is 5.94. The molecule has 1 rings (SSSR count). The Morgan fingerprint density at radius 2 is 1.94 bits per heavy atom. The lowest BCUT2D eigenvalue weighted by molar-refractivity contribution is -0.137. The summed E-state index contributed by atoms with van der Waals surface area (Å²) in [6, 6.07) is 4.13. The Balaban J connectivity index is 2.81. The van der Waals surface area contributed by atoms with Crippen LogP contribution in [-0.4, -0.2) is 23.2 Å². The zero-order valence-electron chi connectivity index (χ0n) is 10.0. The standard InChI is InChI=1S/C12H14F3NO2/c1-11(2,18)7-16-10(17)8-4-3-5-9(6-8)12(13,14)15/h3-6,18H,7H2,1-2H3,(H,16,17). The number of nitrogens with one attached hydrogen (secondary N) is 1. The third-order valence-electron chi connectivity index (χ3n) is 2.13. The molecule has 0 aromatic heterocycles. The molecule has 0 radical (unpaired) electrons. The molecule has 0 spiro atoms. The molecule has 6 heteroatoms. The van der Waals surface area contributed by atoms with Gasteiger partial charge in [0.05, 0.1) is 11.2 Å². The van der Waals surface area contributed by atoms with E-state index in [1.54, 1.807) is 0 Å². The molecule has 0 aliphatic heterocycles. The molecule has 0 aliphatic carbocycles. The molecular formula is C12H14F3NO2. The number of amides is 1. The average molecular weight is 261 g/mol. The summed E-state index contributed by atoms with van der Waals surface area (Å²) >= 11 is 0. The molecule has 18 heavy (non-hydrogen) atoms. The normalized spacial score (nSPS) is 12.3. The van der Waals surface area contributed by atoms with Crippen LogP contribution in [-0.2, 0) is 6.18 Å². The maximum absolute atomic E-state index is 12.4. The van der Waals surface area contributed by atoms with Crippen molar-refractivity contribution < 1.29 is 23.1 Å². The number of benzene rings is 1. The van der Waals surface area contributed by atoms with E-state index in [-0.39, 0.29) is 12.1 Å². The molecule has 100 valence electrons. The second-order valence-corrected chi connectivity index (χ2v) is 4.57. The van der Waals surface area contributed by atoms with Crippen LogP contribution in [0.1, 0.15) is 29.8 Å². The fraction of sp³-hybridized carbons (Fsp3) is 0.417. The van der Waals surface area contributed by atoms with Crippen molar-refractivity contribution in [2.24, 2.45) is 0 Å². The van der Waals surface area contributed by atoms with Gasteiger partial charge in [0.1, 0.15) is 0 Å². The molecule has 2 N–H and O–H groups in total. The van der Waals surface area contributed by atoms with E-state index in [9.17, 15) is 23.1 Å². The molecule has 0 heterocycles. The zero-order valence-corrected chi connectivity index (χ0v) is 10.0. The summed E-state index contributed by atoms with van der Waals surface area (Å²) in [6.07, 6.45) is -4.48. The van der Waals surface area contributed by atoms with E-state index in [1.807, 2.05) is 0 Å². The summed E-state index contributed by atoms with van der Waals surface area (Å²) in [4.78, 5) is 11.6. The van der Waals surface area contributed by atoms with Gasteiger partial charge >= 0.3 is 6.18 Å². The first-order valence-electron chi connectivity index (χ1n) is 5.27. The minimum Gasteiger partial charge on any atom is -0.389 e. The fourth-order valence-electron chi connectivity index (χ4n) is 1.24. The highest BCUT2D eigenvalue weighted by Crippen LogP contribution is 2.29. The Bertz CT molecular complexity index is 436. The molecule has 1 aromatic rings. The van der Waals surface area contributed by atoms with Gasteiger partial charge in [-0.25, -0.2) is 0 Å². The number of hydrogen-bond donors (Lipinski definition) is 2. The molecule has 3 nitrogen and oxygen atoms in total. The highest BCUT2D eigenvalue weighted by atomic mass is 19.4. The van der Waals surface area contributed by atoms with Crippen LogP contribution in [0.25, 0.3) is 0 Å². The number of aliphatic hydroxyl groups is 1. The largest absolute Gasteiger partial charge is 0.416 e. The van der Waals surface area contributed by atoms with Crippen molar-refractivity contribution in [3.8, 4) is 0 Å². The van der Waals surface area contributed by atoms with Gasteiger partial charge in [-0.15, -0.1) is 0 Å². The lowest BCUT2D eigenvalue weighted by Crippen LogP contribution is -2.38. The number of hydrogen-bond acceptors (Lipinski definition) is 2. The van der Waals surface area contributed by atoms with Gasteiger partial charge < -0.3 is 10.4 Å². The zero-order chi connectivity index (χ0) is 14.0. The van der Waals surface area contributed by atoms with Crippen molar-refractivity contribution in [2.75, 3.05) is 6.54 Å². The minimum atomic E-state index is -4.48. The van der Waals surface area contributed by atoms with E-state index in [1.165, 1.54) is 26.0 Å². The van der Waals surface area contributed by atoms with Crippen LogP contribution < -0.4 is 5.32 Å². The third kappa shape index (κ3) is 4.37. The summed E-state index contributed by atoms with van der Waals surface area (Å²) in [6.45, 7) is 2.93. The van der Waals surface area contributed by atoms with E-state index < -0.39 is 23.2 Å². The van der Waals surface area contributed by atoms with Gasteiger partial charge in [-0.1, -0.05) is 6.07 Å². The number of alkyl halides is 3. The van der Waals surface area contributed by atoms with E-state index in [0.717, 1.165) is 12.1 Å². The molecule has 0 saturated heterocycles. The van der Waals surface area contributed by atoms with E-state index in [2.05, 4.69) is 5.32 Å². The Hall–Kier alpha value is -1.56. The first-order chi connectivity index (χ1) is 8.09. The quantitative estimate of drug-likeness (QED) is 0.876. The molecule has 1 amide bonds. The maximum atomic E-state index is 12.4. The van der Waals surface area contributed by atoms with Gasteiger partial charge in [-0.3, -0.25) is 4.79 Å². The van der Waals surface area contributed by atoms with Crippen molar-refractivity contribution in [2.45, 2.75) is 25.6 Å². The van der Waals surface area contributed by atoms with E-state index in [4.69, 9.17) is 0 Å². The second-order valence-electron chi connectivity index (χ2n) is 4.57. The van der Waals surface area contributed by atoms with Gasteiger partial charge in [0, 0.05) is 12.1 Å². The maximum Gasteiger partial charge on any atom is 0.416 e. The molecule has 0 fully saturated rings. The Labute approximate surface area is 103 Å². The predicted octanol–water partition coefficient (Wildman–Crippen LogP) is 2.21. The van der Waals surface area contributed by atoms with E-state index >= 15 is 0 Å². The monoisotopic (exact) mass is 261 g/mol. The molecule has 0 saturated carbocycles. The summed E-state index contributed by atoms with van der Waals surface area (Å²) in [5, 5.41) is 11.8. The summed E-state index contributed by atoms with van der Waals surface area (Å²) in [7, 11) is 0. The van der Waals surface area contributed by atoms with Crippen LogP contribution in [0, 0.1) is 0 Å². The van der Waals surface area contributed by atoms with E-state index in [0.29, 0.717) is 0 Å². The molecule has 0 unspecified atom stereocenters. The van der Waals surface area contributed by atoms with Crippen molar-refractivity contribution in [1.29, 1.82) is 0 Å². The summed E-state index contributed by atoms with van der Waals surface area (Å²) in [5.74, 6) is -0.650. The lowest BCUT2D eigenvalue weighted by Gasteiger charge is -2.17. The van der Waals surface area contributed by atoms with Gasteiger partial charge in [0.2, 0.25) is 0 Å². The Morgan fingerprint density at radius 1 is 1.33 bits per heavy atom. The van der Waals surface area contributed by atoms with Crippen molar-refractivity contribution >= 4 is 5.91 Å². The molecule has 0 atom stereocenters. The molecule has 0 aliphatic rings. The van der Waals surface area contributed by atoms with Gasteiger partial charge in [-0.05, 0) is 32.0 Å². The average Bonchev–Trinajstić information content (AvgIpc) is 2.24.